The third-order valence-electron chi connectivity index (χ3n) is 0.441. The third kappa shape index (κ3) is 3.08. The number of hydrogen-bond acceptors (Lipinski definition) is 3. The van der Waals surface area contributed by atoms with Crippen LogP contribution in [0.4, 0.5) is 0 Å². The fourth-order valence-corrected chi connectivity index (χ4v) is 0.153. The molecule has 0 saturated carbocycles. The van der Waals surface area contributed by atoms with Gasteiger partial charge in [-0.1, -0.05) is 6.58 Å². The lowest BCUT2D eigenvalue weighted by Crippen LogP contribution is -1.96. The smallest absolute Gasteiger partial charge is 0.336 e. The van der Waals surface area contributed by atoms with Crippen LogP contribution in [0, 0.1) is 0 Å². The summed E-state index contributed by atoms with van der Waals surface area (Å²) in [7, 11) is 1.51. The van der Waals surface area contributed by atoms with E-state index >= 15 is 0 Å². The first-order valence-electron chi connectivity index (χ1n) is 2.05. The number of rotatable bonds is 2. The molecule has 0 atom stereocenters. The van der Waals surface area contributed by atoms with Crippen molar-refractivity contribution in [3.8, 4) is 0 Å². The Morgan fingerprint density at radius 3 is 2.88 bits per heavy atom. The van der Waals surface area contributed by atoms with Gasteiger partial charge in [-0.25, -0.2) is 4.79 Å². The minimum Gasteiger partial charge on any atom is -0.412 e. The molecule has 0 radical (unpaired) electrons. The monoisotopic (exact) mass is 113 g/mol. The van der Waals surface area contributed by atoms with Crippen molar-refractivity contribution >= 4 is 12.4 Å². The largest absolute Gasteiger partial charge is 0.412 e. The summed E-state index contributed by atoms with van der Waals surface area (Å²) >= 11 is 0. The molecule has 3 nitrogen and oxygen atoms in total. The Hall–Kier alpha value is -1.12. The van der Waals surface area contributed by atoms with E-state index in [1.54, 1.807) is 0 Å². The molecule has 0 aromatic carbocycles. The fraction of sp³-hybridized carbons (Fsp3) is 0.200. The quantitative estimate of drug-likeness (QED) is 0.224. The molecule has 0 aliphatic carbocycles. The molecule has 0 spiro atoms. The Kier molecular flexibility index (Phi) is 3.48. The molecule has 0 aliphatic rings. The summed E-state index contributed by atoms with van der Waals surface area (Å²) in [4.78, 5) is 13.5. The zero-order chi connectivity index (χ0) is 6.41. The highest BCUT2D eigenvalue weighted by Gasteiger charge is 1.86. The Bertz CT molecular complexity index is 118. The van der Waals surface area contributed by atoms with E-state index < -0.39 is 5.97 Å². The van der Waals surface area contributed by atoms with Crippen LogP contribution in [0.25, 0.3) is 0 Å². The third-order valence-corrected chi connectivity index (χ3v) is 0.441. The highest BCUT2D eigenvalue weighted by molar-refractivity contribution is 5.86. The number of aliphatic imine (C=N–C) groups is 1. The molecule has 0 aromatic rings. The molecule has 0 N–H and O–H groups in total. The first-order valence-corrected chi connectivity index (χ1v) is 2.05. The number of nitrogens with zero attached hydrogens (tertiary/aromatic N) is 1. The van der Waals surface area contributed by atoms with Gasteiger partial charge < -0.3 is 4.74 Å². The van der Waals surface area contributed by atoms with Gasteiger partial charge in [-0.05, 0) is 0 Å². The molecule has 0 rings (SSSR count). The van der Waals surface area contributed by atoms with Gasteiger partial charge in [0.1, 0.15) is 0 Å². The first kappa shape index (κ1) is 6.88. The molecule has 0 aliphatic heterocycles. The lowest BCUT2D eigenvalue weighted by atomic mass is 10.7. The standard InChI is InChI=1S/C5H7NO2/c1-3-5(7)8-4-6-2/h3-4H,1H2,2H3. The summed E-state index contributed by atoms with van der Waals surface area (Å²) in [6.07, 6.45) is 2.13. The lowest BCUT2D eigenvalue weighted by molar-refractivity contribution is -0.129. The number of carbonyl (C=O) groups is 1. The molecule has 0 aromatic heterocycles. The van der Waals surface area contributed by atoms with Crippen LogP contribution in [0.5, 0.6) is 0 Å². The van der Waals surface area contributed by atoms with Crippen molar-refractivity contribution in [3.63, 3.8) is 0 Å². The van der Waals surface area contributed by atoms with Gasteiger partial charge in [0.25, 0.3) is 0 Å². The van der Waals surface area contributed by atoms with Crippen LogP contribution in [0.2, 0.25) is 0 Å². The first-order chi connectivity index (χ1) is 3.81. The van der Waals surface area contributed by atoms with Crippen molar-refractivity contribution in [1.82, 2.24) is 0 Å². The second-order valence-corrected chi connectivity index (χ2v) is 1.00. The van der Waals surface area contributed by atoms with E-state index in [0.29, 0.717) is 0 Å². The minimum atomic E-state index is -0.490. The predicted octanol–water partition coefficient (Wildman–Crippen LogP) is 0.374. The van der Waals surface area contributed by atoms with Crippen molar-refractivity contribution < 1.29 is 9.53 Å². The summed E-state index contributed by atoms with van der Waals surface area (Å²) in [6.45, 7) is 3.18. The molecule has 8 heavy (non-hydrogen) atoms. The molecule has 0 unspecified atom stereocenters. The summed E-state index contributed by atoms with van der Waals surface area (Å²) in [5.74, 6) is -0.490. The van der Waals surface area contributed by atoms with Crippen LogP contribution in [-0.4, -0.2) is 19.4 Å². The number of ether oxygens (including phenoxy) is 1. The van der Waals surface area contributed by atoms with Crippen molar-refractivity contribution in [2.45, 2.75) is 0 Å². The number of esters is 1. The predicted molar refractivity (Wildman–Crippen MR) is 30.7 cm³/mol. The average Bonchev–Trinajstić information content (AvgIpc) is 1.83. The van der Waals surface area contributed by atoms with Gasteiger partial charge in [-0.3, -0.25) is 4.99 Å². The molecule has 0 fully saturated rings. The van der Waals surface area contributed by atoms with Crippen LogP contribution in [0.15, 0.2) is 17.6 Å². The average molecular weight is 113 g/mol. The van der Waals surface area contributed by atoms with Gasteiger partial charge in [0.15, 0.2) is 6.40 Å². The zero-order valence-electron chi connectivity index (χ0n) is 4.63. The molecular formula is C5H7NO2. The summed E-state index contributed by atoms with van der Waals surface area (Å²) in [5, 5.41) is 0. The Morgan fingerprint density at radius 1 is 1.88 bits per heavy atom. The fourth-order valence-electron chi connectivity index (χ4n) is 0.153. The highest BCUT2D eigenvalue weighted by atomic mass is 16.5. The Morgan fingerprint density at radius 2 is 2.50 bits per heavy atom. The Balaban J connectivity index is 3.39. The van der Waals surface area contributed by atoms with Crippen molar-refractivity contribution in [2.24, 2.45) is 4.99 Å². The van der Waals surface area contributed by atoms with Gasteiger partial charge >= 0.3 is 5.97 Å². The van der Waals surface area contributed by atoms with Crippen molar-refractivity contribution in [1.29, 1.82) is 0 Å². The van der Waals surface area contributed by atoms with E-state index in [1.807, 2.05) is 0 Å². The van der Waals surface area contributed by atoms with Crippen LogP contribution in [0.3, 0.4) is 0 Å². The van der Waals surface area contributed by atoms with Crippen LogP contribution >= 0.6 is 0 Å². The molecule has 0 heterocycles. The topological polar surface area (TPSA) is 38.7 Å². The van der Waals surface area contributed by atoms with E-state index in [9.17, 15) is 4.79 Å². The maximum Gasteiger partial charge on any atom is 0.336 e. The van der Waals surface area contributed by atoms with Crippen molar-refractivity contribution in [2.75, 3.05) is 7.05 Å². The molecule has 0 saturated heterocycles. The number of hydrogen-bond donors (Lipinski definition) is 0. The molecule has 0 amide bonds. The normalized spacial score (nSPS) is 9.12. The lowest BCUT2D eigenvalue weighted by Gasteiger charge is -1.85. The molecule has 3 heteroatoms. The summed E-state index contributed by atoms with van der Waals surface area (Å²) < 4.78 is 4.29. The van der Waals surface area contributed by atoms with Gasteiger partial charge in [0.2, 0.25) is 0 Å². The van der Waals surface area contributed by atoms with Gasteiger partial charge in [0, 0.05) is 13.1 Å². The molecular weight excluding hydrogens is 106 g/mol. The van der Waals surface area contributed by atoms with Gasteiger partial charge in [0.05, 0.1) is 0 Å². The maximum atomic E-state index is 10.1. The molecule has 44 valence electrons. The minimum absolute atomic E-state index is 0.490. The van der Waals surface area contributed by atoms with Crippen molar-refractivity contribution in [3.05, 3.63) is 12.7 Å². The van der Waals surface area contributed by atoms with E-state index in [1.165, 1.54) is 7.05 Å². The number of carbonyl (C=O) groups excluding carboxylic acids is 1. The van der Waals surface area contributed by atoms with E-state index in [4.69, 9.17) is 0 Å². The maximum absolute atomic E-state index is 10.1. The second kappa shape index (κ2) is 4.05. The van der Waals surface area contributed by atoms with E-state index in [-0.39, 0.29) is 0 Å². The zero-order valence-corrected chi connectivity index (χ0v) is 4.63. The van der Waals surface area contributed by atoms with Gasteiger partial charge in [-0.2, -0.15) is 0 Å². The van der Waals surface area contributed by atoms with Crippen LogP contribution in [0.1, 0.15) is 0 Å². The van der Waals surface area contributed by atoms with E-state index in [2.05, 4.69) is 16.3 Å². The summed E-state index contributed by atoms with van der Waals surface area (Å²) in [6, 6.07) is 0. The Labute approximate surface area is 47.7 Å². The van der Waals surface area contributed by atoms with Crippen LogP contribution < -0.4 is 0 Å². The summed E-state index contributed by atoms with van der Waals surface area (Å²) in [5.41, 5.74) is 0. The highest BCUT2D eigenvalue weighted by Crippen LogP contribution is 1.71. The molecule has 0 bridgehead atoms. The van der Waals surface area contributed by atoms with Gasteiger partial charge in [-0.15, -0.1) is 0 Å². The van der Waals surface area contributed by atoms with E-state index in [0.717, 1.165) is 12.5 Å². The second-order valence-electron chi connectivity index (χ2n) is 1.00. The SMILES string of the molecule is C=CC(=O)OC=NC. The van der Waals surface area contributed by atoms with Crippen LogP contribution in [-0.2, 0) is 9.53 Å².